The molecule has 2 fully saturated rings. The Morgan fingerprint density at radius 3 is 2.64 bits per heavy atom. The normalized spacial score (nSPS) is 19.4. The molecule has 1 amide bonds. The van der Waals surface area contributed by atoms with E-state index in [2.05, 4.69) is 25.9 Å². The van der Waals surface area contributed by atoms with Crippen molar-refractivity contribution in [1.82, 2.24) is 25.1 Å². The fraction of sp³-hybridized carbons (Fsp3) is 0.700. The zero-order valence-electron chi connectivity index (χ0n) is 17.0. The predicted octanol–water partition coefficient (Wildman–Crippen LogP) is 3.64. The molecule has 0 aromatic carbocycles. The van der Waals surface area contributed by atoms with Crippen LogP contribution < -0.4 is 10.6 Å². The lowest BCUT2D eigenvalue weighted by Crippen LogP contribution is -2.55. The van der Waals surface area contributed by atoms with E-state index in [1.165, 1.54) is 6.42 Å². The van der Waals surface area contributed by atoms with Gasteiger partial charge in [-0.3, -0.25) is 0 Å². The quantitative estimate of drug-likeness (QED) is 0.815. The van der Waals surface area contributed by atoms with E-state index in [1.807, 2.05) is 37.4 Å². The monoisotopic (exact) mass is 386 g/mol. The lowest BCUT2D eigenvalue weighted by Gasteiger charge is -2.38. The van der Waals surface area contributed by atoms with Gasteiger partial charge in [-0.05, 0) is 58.6 Å². The number of carbonyl (C=O) groups is 1. The van der Waals surface area contributed by atoms with Crippen molar-refractivity contribution in [1.29, 1.82) is 0 Å². The summed E-state index contributed by atoms with van der Waals surface area (Å²) in [5.74, 6) is 2.19. The lowest BCUT2D eigenvalue weighted by molar-refractivity contribution is 0.0434. The van der Waals surface area contributed by atoms with Crippen molar-refractivity contribution in [3.05, 3.63) is 18.0 Å². The Hall–Kier alpha value is -2.38. The van der Waals surface area contributed by atoms with Crippen LogP contribution in [0.5, 0.6) is 0 Å². The third kappa shape index (κ3) is 4.36. The molecule has 8 nitrogen and oxygen atoms in total. The molecule has 2 aliphatic carbocycles. The third-order valence-corrected chi connectivity index (χ3v) is 5.41. The van der Waals surface area contributed by atoms with Crippen molar-refractivity contribution in [2.24, 2.45) is 0 Å². The van der Waals surface area contributed by atoms with E-state index in [4.69, 9.17) is 4.74 Å². The Bertz CT molecular complexity index is 846. The van der Waals surface area contributed by atoms with E-state index in [0.29, 0.717) is 12.5 Å². The summed E-state index contributed by atoms with van der Waals surface area (Å²) in [7, 11) is 0. The number of anilines is 1. The predicted molar refractivity (Wildman–Crippen MR) is 106 cm³/mol. The number of nitrogens with one attached hydrogen (secondary N) is 2. The molecule has 152 valence electrons. The molecule has 2 aliphatic rings. The van der Waals surface area contributed by atoms with Gasteiger partial charge in [-0.25, -0.2) is 4.79 Å². The Labute approximate surface area is 165 Å². The van der Waals surface area contributed by atoms with Gasteiger partial charge in [0, 0.05) is 12.5 Å². The average Bonchev–Trinajstić information content (AvgIpc) is 3.38. The minimum Gasteiger partial charge on any atom is -0.444 e. The molecular weight excluding hydrogens is 356 g/mol. The fourth-order valence-corrected chi connectivity index (χ4v) is 3.85. The summed E-state index contributed by atoms with van der Waals surface area (Å²) in [6.07, 6.45) is 7.22. The van der Waals surface area contributed by atoms with Gasteiger partial charge in [-0.2, -0.15) is 4.52 Å². The smallest absolute Gasteiger partial charge is 0.408 e. The Kier molecular flexibility index (Phi) is 4.89. The first-order valence-corrected chi connectivity index (χ1v) is 10.3. The maximum absolute atomic E-state index is 12.4. The minimum absolute atomic E-state index is 0.316. The summed E-state index contributed by atoms with van der Waals surface area (Å²) in [6, 6.07) is 3.85. The highest BCUT2D eigenvalue weighted by molar-refractivity contribution is 5.69. The molecule has 8 heteroatoms. The number of rotatable bonds is 5. The van der Waals surface area contributed by atoms with E-state index in [1.54, 1.807) is 0 Å². The molecule has 0 aliphatic heterocycles. The summed E-state index contributed by atoms with van der Waals surface area (Å²) in [5.41, 5.74) is -0.0520. The molecule has 0 bridgehead atoms. The second-order valence-corrected chi connectivity index (χ2v) is 9.14. The Balaban J connectivity index is 1.47. The molecule has 28 heavy (non-hydrogen) atoms. The summed E-state index contributed by atoms with van der Waals surface area (Å²) < 4.78 is 7.34. The summed E-state index contributed by atoms with van der Waals surface area (Å²) >= 11 is 0. The molecule has 0 radical (unpaired) electrons. The summed E-state index contributed by atoms with van der Waals surface area (Å²) in [4.78, 5) is 12.4. The highest BCUT2D eigenvalue weighted by atomic mass is 16.6. The third-order valence-electron chi connectivity index (χ3n) is 5.41. The number of hydrogen-bond donors (Lipinski definition) is 2. The van der Waals surface area contributed by atoms with Crippen LogP contribution in [0.4, 0.5) is 10.6 Å². The number of amides is 1. The van der Waals surface area contributed by atoms with Gasteiger partial charge < -0.3 is 15.4 Å². The van der Waals surface area contributed by atoms with E-state index in [9.17, 15) is 4.79 Å². The number of nitrogens with zero attached hydrogens (tertiary/aromatic N) is 4. The highest BCUT2D eigenvalue weighted by Gasteiger charge is 2.35. The molecule has 2 aromatic heterocycles. The molecular formula is C20H30N6O2. The molecule has 2 heterocycles. The number of ether oxygens (including phenoxy) is 1. The van der Waals surface area contributed by atoms with Crippen LogP contribution in [0.1, 0.15) is 77.5 Å². The maximum Gasteiger partial charge on any atom is 0.408 e. The van der Waals surface area contributed by atoms with Gasteiger partial charge >= 0.3 is 6.09 Å². The fourth-order valence-electron chi connectivity index (χ4n) is 3.85. The average molecular weight is 387 g/mol. The van der Waals surface area contributed by atoms with Crippen molar-refractivity contribution in [3.63, 3.8) is 0 Å². The van der Waals surface area contributed by atoms with Crippen molar-refractivity contribution >= 4 is 17.6 Å². The number of carbonyl (C=O) groups excluding carboxylic acids is 1. The number of aromatic nitrogens is 4. The molecule has 2 saturated carbocycles. The standard InChI is InChI=1S/C20H30N6O2/c1-19(2,3)28-18(27)22-20(11-5-4-6-12-20)13-21-15-9-10-16-23-24-17(14-7-8-14)26(16)25-15/h9-10,14H,4-8,11-13H2,1-3H3,(H,21,25)(H,22,27). The minimum atomic E-state index is -0.506. The van der Waals surface area contributed by atoms with Crippen LogP contribution in [0.3, 0.4) is 0 Å². The zero-order valence-corrected chi connectivity index (χ0v) is 17.0. The lowest BCUT2D eigenvalue weighted by atomic mass is 9.81. The van der Waals surface area contributed by atoms with E-state index in [-0.39, 0.29) is 11.6 Å². The first-order chi connectivity index (χ1) is 13.3. The first kappa shape index (κ1) is 19.0. The van der Waals surface area contributed by atoms with Gasteiger partial charge in [-0.1, -0.05) is 19.3 Å². The number of alkyl carbamates (subject to hydrolysis) is 1. The van der Waals surface area contributed by atoms with Gasteiger partial charge in [0.2, 0.25) is 0 Å². The molecule has 0 atom stereocenters. The van der Waals surface area contributed by atoms with Crippen LogP contribution in [0.2, 0.25) is 0 Å². The number of hydrogen-bond acceptors (Lipinski definition) is 6. The van der Waals surface area contributed by atoms with Crippen LogP contribution in [-0.2, 0) is 4.74 Å². The van der Waals surface area contributed by atoms with E-state index >= 15 is 0 Å². The largest absolute Gasteiger partial charge is 0.444 e. The zero-order chi connectivity index (χ0) is 19.8. The van der Waals surface area contributed by atoms with Crippen LogP contribution in [0.15, 0.2) is 12.1 Å². The van der Waals surface area contributed by atoms with Gasteiger partial charge in [0.15, 0.2) is 11.5 Å². The molecule has 2 aromatic rings. The van der Waals surface area contributed by atoms with Gasteiger partial charge in [0.25, 0.3) is 0 Å². The van der Waals surface area contributed by atoms with Crippen molar-refractivity contribution < 1.29 is 9.53 Å². The van der Waals surface area contributed by atoms with Crippen molar-refractivity contribution in [2.45, 2.75) is 82.8 Å². The molecule has 2 N–H and O–H groups in total. The van der Waals surface area contributed by atoms with Gasteiger partial charge in [0.05, 0.1) is 5.54 Å². The van der Waals surface area contributed by atoms with E-state index < -0.39 is 5.60 Å². The maximum atomic E-state index is 12.4. The Morgan fingerprint density at radius 2 is 1.96 bits per heavy atom. The van der Waals surface area contributed by atoms with Gasteiger partial charge in [0.1, 0.15) is 11.4 Å². The Morgan fingerprint density at radius 1 is 1.21 bits per heavy atom. The van der Waals surface area contributed by atoms with Crippen LogP contribution in [0.25, 0.3) is 5.65 Å². The molecule has 0 spiro atoms. The topological polar surface area (TPSA) is 93.4 Å². The van der Waals surface area contributed by atoms with E-state index in [0.717, 1.165) is 55.8 Å². The second kappa shape index (κ2) is 7.22. The second-order valence-electron chi connectivity index (χ2n) is 9.14. The van der Waals surface area contributed by atoms with Crippen LogP contribution >= 0.6 is 0 Å². The van der Waals surface area contributed by atoms with Crippen molar-refractivity contribution in [2.75, 3.05) is 11.9 Å². The SMILES string of the molecule is CC(C)(C)OC(=O)NC1(CNc2ccc3nnc(C4CC4)n3n2)CCCCC1. The molecule has 4 rings (SSSR count). The van der Waals surface area contributed by atoms with Gasteiger partial charge in [-0.15, -0.1) is 15.3 Å². The molecule has 0 saturated heterocycles. The molecule has 0 unspecified atom stereocenters. The highest BCUT2D eigenvalue weighted by Crippen LogP contribution is 2.38. The first-order valence-electron chi connectivity index (χ1n) is 10.3. The number of fused-ring (bicyclic) bond motifs is 1. The van der Waals surface area contributed by atoms with Crippen LogP contribution in [0, 0.1) is 0 Å². The van der Waals surface area contributed by atoms with Crippen LogP contribution in [-0.4, -0.2) is 43.6 Å². The van der Waals surface area contributed by atoms with Crippen molar-refractivity contribution in [3.8, 4) is 0 Å². The summed E-state index contributed by atoms with van der Waals surface area (Å²) in [6.45, 7) is 6.27. The summed E-state index contributed by atoms with van der Waals surface area (Å²) in [5, 5.41) is 19.8.